The fourth-order valence-electron chi connectivity index (χ4n) is 3.73. The lowest BCUT2D eigenvalue weighted by atomic mass is 10.1. The molecule has 5 rings (SSSR count). The van der Waals surface area contributed by atoms with Gasteiger partial charge in [0.05, 0.1) is 11.7 Å². The van der Waals surface area contributed by atoms with Gasteiger partial charge in [-0.3, -0.25) is 9.67 Å². The lowest BCUT2D eigenvalue weighted by Gasteiger charge is -2.13. The number of aromatic amines is 1. The van der Waals surface area contributed by atoms with Gasteiger partial charge in [-0.1, -0.05) is 24.4 Å². The van der Waals surface area contributed by atoms with Crippen molar-refractivity contribution in [2.45, 2.75) is 31.6 Å². The molecular formula is C18H16ClN5. The smallest absolute Gasteiger partial charge is 0.166 e. The predicted molar refractivity (Wildman–Crippen MR) is 94.7 cm³/mol. The van der Waals surface area contributed by atoms with Crippen LogP contribution in [-0.2, 0) is 0 Å². The summed E-state index contributed by atoms with van der Waals surface area (Å²) in [6.07, 6.45) is 6.75. The Hall–Kier alpha value is -2.40. The zero-order chi connectivity index (χ0) is 16.1. The molecule has 1 aliphatic carbocycles. The molecule has 6 heteroatoms. The van der Waals surface area contributed by atoms with Crippen molar-refractivity contribution in [3.8, 4) is 5.69 Å². The summed E-state index contributed by atoms with van der Waals surface area (Å²) in [5, 5.41) is 8.68. The first-order valence-electron chi connectivity index (χ1n) is 8.28. The first-order chi connectivity index (χ1) is 11.8. The van der Waals surface area contributed by atoms with Gasteiger partial charge >= 0.3 is 0 Å². The van der Waals surface area contributed by atoms with Crippen LogP contribution in [0.15, 0.2) is 36.5 Å². The monoisotopic (exact) mass is 337 g/mol. The van der Waals surface area contributed by atoms with Crippen LogP contribution in [0, 0.1) is 0 Å². The van der Waals surface area contributed by atoms with Crippen molar-refractivity contribution in [3.63, 3.8) is 0 Å². The van der Waals surface area contributed by atoms with Gasteiger partial charge in [0.25, 0.3) is 0 Å². The zero-order valence-corrected chi connectivity index (χ0v) is 13.8. The van der Waals surface area contributed by atoms with Crippen molar-refractivity contribution in [1.29, 1.82) is 0 Å². The SMILES string of the molecule is Clc1ccc2nc(C3CCCC3)n(-c3ccc4[nH]ncc4c3)c2n1. The molecule has 5 nitrogen and oxygen atoms in total. The minimum atomic E-state index is 0.484. The molecule has 1 aromatic carbocycles. The van der Waals surface area contributed by atoms with Gasteiger partial charge in [-0.15, -0.1) is 0 Å². The highest BCUT2D eigenvalue weighted by Gasteiger charge is 2.25. The fourth-order valence-corrected chi connectivity index (χ4v) is 3.88. The van der Waals surface area contributed by atoms with Crippen LogP contribution in [0.2, 0.25) is 5.15 Å². The molecule has 3 aromatic heterocycles. The Kier molecular flexibility index (Phi) is 3.10. The largest absolute Gasteiger partial charge is 0.280 e. The Morgan fingerprint density at radius 2 is 1.96 bits per heavy atom. The summed E-state index contributed by atoms with van der Waals surface area (Å²) in [4.78, 5) is 9.45. The Bertz CT molecular complexity index is 1040. The standard InChI is InChI=1S/C18H16ClN5/c19-16-8-7-15-18(22-16)24(17(21-15)11-3-1-2-4-11)13-5-6-14-12(9-13)10-20-23-14/h5-11H,1-4H2,(H,20,23). The average Bonchev–Trinajstić information content (AvgIpc) is 3.32. The summed E-state index contributed by atoms with van der Waals surface area (Å²) in [6.45, 7) is 0. The van der Waals surface area contributed by atoms with E-state index in [9.17, 15) is 0 Å². The predicted octanol–water partition coefficient (Wildman–Crippen LogP) is 4.61. The number of hydrogen-bond donors (Lipinski definition) is 1. The molecule has 1 aliphatic rings. The highest BCUT2D eigenvalue weighted by molar-refractivity contribution is 6.29. The van der Waals surface area contributed by atoms with Crippen molar-refractivity contribution in [2.75, 3.05) is 0 Å². The van der Waals surface area contributed by atoms with E-state index >= 15 is 0 Å². The number of imidazole rings is 1. The lowest BCUT2D eigenvalue weighted by Crippen LogP contribution is -2.05. The quantitative estimate of drug-likeness (QED) is 0.543. The molecule has 0 atom stereocenters. The van der Waals surface area contributed by atoms with Gasteiger partial charge in [0.2, 0.25) is 0 Å². The number of aromatic nitrogens is 5. The molecule has 0 saturated heterocycles. The molecule has 0 radical (unpaired) electrons. The average molecular weight is 338 g/mol. The Morgan fingerprint density at radius 1 is 1.08 bits per heavy atom. The lowest BCUT2D eigenvalue weighted by molar-refractivity contribution is 0.658. The van der Waals surface area contributed by atoms with Crippen LogP contribution in [0.1, 0.15) is 37.4 Å². The van der Waals surface area contributed by atoms with Crippen molar-refractivity contribution in [3.05, 3.63) is 47.5 Å². The molecule has 1 N–H and O–H groups in total. The maximum Gasteiger partial charge on any atom is 0.166 e. The summed E-state index contributed by atoms with van der Waals surface area (Å²) in [7, 11) is 0. The summed E-state index contributed by atoms with van der Waals surface area (Å²) in [5.74, 6) is 1.58. The molecule has 0 amide bonds. The number of hydrogen-bond acceptors (Lipinski definition) is 3. The molecule has 0 bridgehead atoms. The van der Waals surface area contributed by atoms with Gasteiger partial charge < -0.3 is 0 Å². The van der Waals surface area contributed by atoms with Crippen molar-refractivity contribution in [1.82, 2.24) is 24.7 Å². The number of benzene rings is 1. The molecule has 1 fully saturated rings. The van der Waals surface area contributed by atoms with Crippen LogP contribution >= 0.6 is 11.6 Å². The van der Waals surface area contributed by atoms with E-state index in [0.717, 1.165) is 33.6 Å². The number of fused-ring (bicyclic) bond motifs is 2. The summed E-state index contributed by atoms with van der Waals surface area (Å²) < 4.78 is 2.17. The maximum absolute atomic E-state index is 6.16. The molecule has 4 aromatic rings. The third-order valence-electron chi connectivity index (χ3n) is 4.90. The molecule has 0 spiro atoms. The van der Waals surface area contributed by atoms with Crippen molar-refractivity contribution in [2.24, 2.45) is 0 Å². The van der Waals surface area contributed by atoms with E-state index in [-0.39, 0.29) is 0 Å². The van der Waals surface area contributed by atoms with E-state index in [2.05, 4.69) is 31.9 Å². The van der Waals surface area contributed by atoms with Gasteiger partial charge in [-0.2, -0.15) is 5.10 Å². The number of rotatable bonds is 2. The van der Waals surface area contributed by atoms with Gasteiger partial charge in [-0.25, -0.2) is 9.97 Å². The van der Waals surface area contributed by atoms with E-state index in [0.29, 0.717) is 11.1 Å². The molecule has 3 heterocycles. The highest BCUT2D eigenvalue weighted by atomic mass is 35.5. The van der Waals surface area contributed by atoms with Gasteiger partial charge in [0.1, 0.15) is 16.5 Å². The van der Waals surface area contributed by atoms with E-state index < -0.39 is 0 Å². The van der Waals surface area contributed by atoms with Crippen LogP contribution < -0.4 is 0 Å². The van der Waals surface area contributed by atoms with Crippen LogP contribution in [0.3, 0.4) is 0 Å². The van der Waals surface area contributed by atoms with E-state index in [1.54, 1.807) is 6.07 Å². The van der Waals surface area contributed by atoms with Crippen LogP contribution in [-0.4, -0.2) is 24.7 Å². The maximum atomic E-state index is 6.16. The van der Waals surface area contributed by atoms with E-state index in [1.807, 2.05) is 18.3 Å². The summed E-state index contributed by atoms with van der Waals surface area (Å²) >= 11 is 6.16. The fraction of sp³-hybridized carbons (Fsp3) is 0.278. The Labute approximate surface area is 143 Å². The number of nitrogens with zero attached hydrogens (tertiary/aromatic N) is 4. The van der Waals surface area contributed by atoms with Gasteiger partial charge in [-0.05, 0) is 43.2 Å². The molecule has 24 heavy (non-hydrogen) atoms. The van der Waals surface area contributed by atoms with E-state index in [4.69, 9.17) is 16.6 Å². The molecular weight excluding hydrogens is 322 g/mol. The Balaban J connectivity index is 1.80. The second-order valence-electron chi connectivity index (χ2n) is 6.41. The minimum absolute atomic E-state index is 0.484. The number of nitrogens with one attached hydrogen (secondary N) is 1. The normalized spacial score (nSPS) is 15.7. The van der Waals surface area contributed by atoms with Crippen LogP contribution in [0.25, 0.3) is 27.8 Å². The first kappa shape index (κ1) is 14.0. The summed E-state index contributed by atoms with van der Waals surface area (Å²) in [5.41, 5.74) is 3.81. The molecule has 0 unspecified atom stereocenters. The van der Waals surface area contributed by atoms with Gasteiger partial charge in [0.15, 0.2) is 5.65 Å². The topological polar surface area (TPSA) is 59.4 Å². The Morgan fingerprint density at radius 3 is 2.83 bits per heavy atom. The van der Waals surface area contributed by atoms with E-state index in [1.165, 1.54) is 25.7 Å². The highest BCUT2D eigenvalue weighted by Crippen LogP contribution is 2.36. The number of H-pyrrole nitrogens is 1. The third-order valence-corrected chi connectivity index (χ3v) is 5.11. The van der Waals surface area contributed by atoms with Crippen LogP contribution in [0.4, 0.5) is 0 Å². The van der Waals surface area contributed by atoms with Crippen molar-refractivity contribution < 1.29 is 0 Å². The zero-order valence-electron chi connectivity index (χ0n) is 13.0. The first-order valence-corrected chi connectivity index (χ1v) is 8.66. The third kappa shape index (κ3) is 2.12. The number of pyridine rings is 1. The second kappa shape index (κ2) is 5.31. The second-order valence-corrected chi connectivity index (χ2v) is 6.79. The summed E-state index contributed by atoms with van der Waals surface area (Å²) in [6, 6.07) is 10.0. The number of halogens is 1. The van der Waals surface area contributed by atoms with Gasteiger partial charge in [0, 0.05) is 17.0 Å². The molecule has 1 saturated carbocycles. The molecule has 0 aliphatic heterocycles. The van der Waals surface area contributed by atoms with Crippen molar-refractivity contribution >= 4 is 33.7 Å². The van der Waals surface area contributed by atoms with Crippen LogP contribution in [0.5, 0.6) is 0 Å². The molecule has 120 valence electrons. The minimum Gasteiger partial charge on any atom is -0.280 e.